The number of benzene rings is 2. The topological polar surface area (TPSA) is 62.1 Å². The van der Waals surface area contributed by atoms with Crippen molar-refractivity contribution in [2.45, 2.75) is 19.8 Å². The summed E-state index contributed by atoms with van der Waals surface area (Å²) in [6.07, 6.45) is 2.07. The van der Waals surface area contributed by atoms with Crippen LogP contribution in [0, 0.1) is 11.3 Å². The van der Waals surface area contributed by atoms with Crippen LogP contribution in [0.4, 0.5) is 5.69 Å². The number of unbranched alkanes of at least 4 members (excludes halogenated alkanes) is 1. The zero-order chi connectivity index (χ0) is 16.7. The lowest BCUT2D eigenvalue weighted by Gasteiger charge is -2.10. The first kappa shape index (κ1) is 17.0. The highest BCUT2D eigenvalue weighted by Gasteiger charge is 2.09. The minimum Gasteiger partial charge on any atom is -0.492 e. The Morgan fingerprint density at radius 3 is 2.61 bits per heavy atom. The molecule has 1 N–H and O–H groups in total. The second kappa shape index (κ2) is 8.35. The van der Waals surface area contributed by atoms with Gasteiger partial charge in [-0.1, -0.05) is 13.3 Å². The predicted molar refractivity (Wildman–Crippen MR) is 93.7 cm³/mol. The molecule has 0 saturated carbocycles. The summed E-state index contributed by atoms with van der Waals surface area (Å²) in [7, 11) is 0. The molecule has 0 aliphatic carbocycles. The molecule has 0 aromatic heterocycles. The maximum absolute atomic E-state index is 12.3. The van der Waals surface area contributed by atoms with Crippen molar-refractivity contribution in [2.75, 3.05) is 11.9 Å². The molecule has 0 aliphatic rings. The maximum Gasteiger partial charge on any atom is 0.255 e. The van der Waals surface area contributed by atoms with Crippen molar-refractivity contribution in [2.24, 2.45) is 0 Å². The van der Waals surface area contributed by atoms with E-state index in [-0.39, 0.29) is 5.91 Å². The van der Waals surface area contributed by atoms with Crippen LogP contribution in [0.25, 0.3) is 0 Å². The number of nitriles is 1. The van der Waals surface area contributed by atoms with E-state index in [1.165, 1.54) is 0 Å². The fourth-order valence-corrected chi connectivity index (χ4v) is 2.41. The fraction of sp³-hybridized carbons (Fsp3) is 0.222. The molecule has 5 heteroatoms. The molecule has 2 aromatic rings. The summed E-state index contributed by atoms with van der Waals surface area (Å²) in [5.41, 5.74) is 1.73. The first-order chi connectivity index (χ1) is 11.1. The Bertz CT molecular complexity index is 721. The number of nitrogens with one attached hydrogen (secondary N) is 1. The Morgan fingerprint density at radius 2 is 2.00 bits per heavy atom. The minimum atomic E-state index is -0.212. The van der Waals surface area contributed by atoms with E-state index >= 15 is 0 Å². The summed E-state index contributed by atoms with van der Waals surface area (Å²) < 4.78 is 6.40. The van der Waals surface area contributed by atoms with E-state index in [2.05, 4.69) is 28.2 Å². The van der Waals surface area contributed by atoms with Crippen molar-refractivity contribution in [3.8, 4) is 11.8 Å². The normalized spacial score (nSPS) is 9.96. The molecule has 4 nitrogen and oxygen atoms in total. The van der Waals surface area contributed by atoms with Gasteiger partial charge in [-0.2, -0.15) is 5.26 Å². The number of carbonyl (C=O) groups excluding carboxylic acids is 1. The van der Waals surface area contributed by atoms with Gasteiger partial charge in [-0.15, -0.1) is 0 Å². The van der Waals surface area contributed by atoms with Crippen molar-refractivity contribution < 1.29 is 9.53 Å². The SMILES string of the molecule is CCCCOc1ccc(C(=O)Nc2ccc(C#N)cc2)cc1Br. The summed E-state index contributed by atoms with van der Waals surface area (Å²) >= 11 is 3.43. The van der Waals surface area contributed by atoms with Gasteiger partial charge in [0.25, 0.3) is 5.91 Å². The quantitative estimate of drug-likeness (QED) is 0.743. The van der Waals surface area contributed by atoms with Gasteiger partial charge in [-0.25, -0.2) is 0 Å². The summed E-state index contributed by atoms with van der Waals surface area (Å²) in [5, 5.41) is 11.6. The zero-order valence-corrected chi connectivity index (χ0v) is 14.4. The Balaban J connectivity index is 2.04. The largest absolute Gasteiger partial charge is 0.492 e. The van der Waals surface area contributed by atoms with Crippen molar-refractivity contribution in [1.29, 1.82) is 5.26 Å². The molecule has 0 radical (unpaired) electrons. The number of anilines is 1. The molecule has 2 aromatic carbocycles. The summed E-state index contributed by atoms with van der Waals surface area (Å²) in [5.74, 6) is 0.517. The van der Waals surface area contributed by atoms with Gasteiger partial charge in [0, 0.05) is 11.3 Å². The lowest BCUT2D eigenvalue weighted by atomic mass is 10.2. The molecule has 0 saturated heterocycles. The van der Waals surface area contributed by atoms with E-state index < -0.39 is 0 Å². The predicted octanol–water partition coefficient (Wildman–Crippen LogP) is 4.75. The Labute approximate surface area is 144 Å². The molecule has 0 atom stereocenters. The second-order valence-corrected chi connectivity index (χ2v) is 5.84. The molecule has 1 amide bonds. The number of amides is 1. The highest BCUT2D eigenvalue weighted by Crippen LogP contribution is 2.26. The lowest BCUT2D eigenvalue weighted by molar-refractivity contribution is 0.102. The third-order valence-electron chi connectivity index (χ3n) is 3.22. The standard InChI is InChI=1S/C18H17BrN2O2/c1-2-3-10-23-17-9-6-14(11-16(17)19)18(22)21-15-7-4-13(12-20)5-8-15/h4-9,11H,2-3,10H2,1H3,(H,21,22). The van der Waals surface area contributed by atoms with Crippen molar-refractivity contribution >= 4 is 27.5 Å². The lowest BCUT2D eigenvalue weighted by Crippen LogP contribution is -2.12. The van der Waals surface area contributed by atoms with Crippen LogP contribution in [0.15, 0.2) is 46.9 Å². The highest BCUT2D eigenvalue weighted by molar-refractivity contribution is 9.10. The molecule has 0 unspecified atom stereocenters. The molecule has 0 fully saturated rings. The van der Waals surface area contributed by atoms with Crippen LogP contribution < -0.4 is 10.1 Å². The minimum absolute atomic E-state index is 0.212. The third kappa shape index (κ3) is 4.83. The third-order valence-corrected chi connectivity index (χ3v) is 3.84. The van der Waals surface area contributed by atoms with Crippen LogP contribution in [-0.2, 0) is 0 Å². The Morgan fingerprint density at radius 1 is 1.26 bits per heavy atom. The molecular formula is C18H17BrN2O2. The van der Waals surface area contributed by atoms with Crippen LogP contribution in [0.1, 0.15) is 35.7 Å². The van der Waals surface area contributed by atoms with E-state index in [0.29, 0.717) is 23.4 Å². The molecule has 0 bridgehead atoms. The summed E-state index contributed by atoms with van der Waals surface area (Å²) in [6, 6.07) is 14.0. The summed E-state index contributed by atoms with van der Waals surface area (Å²) in [6.45, 7) is 2.76. The molecule has 118 valence electrons. The number of hydrogen-bond donors (Lipinski definition) is 1. The second-order valence-electron chi connectivity index (χ2n) is 4.99. The number of rotatable bonds is 6. The number of carbonyl (C=O) groups is 1. The highest BCUT2D eigenvalue weighted by atomic mass is 79.9. The average molecular weight is 373 g/mol. The van der Waals surface area contributed by atoms with E-state index in [9.17, 15) is 4.79 Å². The maximum atomic E-state index is 12.3. The van der Waals surface area contributed by atoms with Gasteiger partial charge >= 0.3 is 0 Å². The van der Waals surface area contributed by atoms with Gasteiger partial charge in [0.1, 0.15) is 5.75 Å². The number of nitrogens with zero attached hydrogens (tertiary/aromatic N) is 1. The van der Waals surface area contributed by atoms with E-state index in [1.54, 1.807) is 42.5 Å². The van der Waals surface area contributed by atoms with Crippen LogP contribution in [0.5, 0.6) is 5.75 Å². The van der Waals surface area contributed by atoms with Crippen LogP contribution in [0.3, 0.4) is 0 Å². The van der Waals surface area contributed by atoms with E-state index in [1.807, 2.05) is 6.07 Å². The average Bonchev–Trinajstić information content (AvgIpc) is 2.57. The van der Waals surface area contributed by atoms with Crippen molar-refractivity contribution in [1.82, 2.24) is 0 Å². The van der Waals surface area contributed by atoms with Crippen molar-refractivity contribution in [3.63, 3.8) is 0 Å². The Kier molecular flexibility index (Phi) is 6.19. The molecule has 0 aliphatic heterocycles. The first-order valence-electron chi connectivity index (χ1n) is 7.38. The van der Waals surface area contributed by atoms with Gasteiger partial charge < -0.3 is 10.1 Å². The van der Waals surface area contributed by atoms with E-state index in [4.69, 9.17) is 10.00 Å². The number of ether oxygens (including phenoxy) is 1. The fourth-order valence-electron chi connectivity index (χ4n) is 1.92. The Hall–Kier alpha value is -2.32. The van der Waals surface area contributed by atoms with Gasteiger partial charge in [0.05, 0.1) is 22.7 Å². The van der Waals surface area contributed by atoms with Crippen LogP contribution >= 0.6 is 15.9 Å². The first-order valence-corrected chi connectivity index (χ1v) is 8.17. The zero-order valence-electron chi connectivity index (χ0n) is 12.8. The van der Waals surface area contributed by atoms with Crippen molar-refractivity contribution in [3.05, 3.63) is 58.1 Å². The summed E-state index contributed by atoms with van der Waals surface area (Å²) in [4.78, 5) is 12.3. The van der Waals surface area contributed by atoms with E-state index in [0.717, 1.165) is 23.1 Å². The van der Waals surface area contributed by atoms with Gasteiger partial charge in [-0.3, -0.25) is 4.79 Å². The number of hydrogen-bond acceptors (Lipinski definition) is 3. The van der Waals surface area contributed by atoms with Gasteiger partial charge in [-0.05, 0) is 64.8 Å². The molecule has 0 heterocycles. The van der Waals surface area contributed by atoms with Gasteiger partial charge in [0.15, 0.2) is 0 Å². The molecule has 23 heavy (non-hydrogen) atoms. The molecule has 0 spiro atoms. The van der Waals surface area contributed by atoms with Gasteiger partial charge in [0.2, 0.25) is 0 Å². The van der Waals surface area contributed by atoms with Crippen LogP contribution in [-0.4, -0.2) is 12.5 Å². The van der Waals surface area contributed by atoms with Crippen LogP contribution in [0.2, 0.25) is 0 Å². The smallest absolute Gasteiger partial charge is 0.255 e. The monoisotopic (exact) mass is 372 g/mol. The molecular weight excluding hydrogens is 356 g/mol. The number of halogens is 1. The molecule has 2 rings (SSSR count).